The Morgan fingerprint density at radius 1 is 1.53 bits per heavy atom. The van der Waals surface area contributed by atoms with Gasteiger partial charge in [0.05, 0.1) is 11.2 Å². The molecule has 0 aliphatic rings. The van der Waals surface area contributed by atoms with Gasteiger partial charge in [0.15, 0.2) is 0 Å². The van der Waals surface area contributed by atoms with Crippen LogP contribution in [0.2, 0.25) is 0 Å². The number of rotatable bonds is 5. The molecule has 0 spiro atoms. The number of amides is 1. The molecule has 1 aromatic rings. The number of hydrogen-bond acceptors (Lipinski definition) is 4. The number of aromatic nitrogens is 1. The van der Waals surface area contributed by atoms with Crippen molar-refractivity contribution >= 4 is 23.2 Å². The molecule has 0 bridgehead atoms. The zero-order valence-electron chi connectivity index (χ0n) is 10.1. The molecule has 1 rings (SSSR count). The fourth-order valence-electron chi connectivity index (χ4n) is 1.44. The lowest BCUT2D eigenvalue weighted by Crippen LogP contribution is -2.41. The molecular weight excluding hydrogens is 240 g/mol. The summed E-state index contributed by atoms with van der Waals surface area (Å²) in [7, 11) is 0. The van der Waals surface area contributed by atoms with Crippen molar-refractivity contribution < 1.29 is 14.7 Å². The average Bonchev–Trinajstić information content (AvgIpc) is 2.62. The van der Waals surface area contributed by atoms with Crippen LogP contribution in [-0.2, 0) is 4.79 Å². The van der Waals surface area contributed by atoms with E-state index in [1.54, 1.807) is 12.4 Å². The van der Waals surface area contributed by atoms with Crippen molar-refractivity contribution in [2.24, 2.45) is 5.92 Å². The zero-order chi connectivity index (χ0) is 13.0. The molecule has 0 fully saturated rings. The van der Waals surface area contributed by atoms with Crippen molar-refractivity contribution in [1.82, 2.24) is 10.3 Å². The van der Waals surface area contributed by atoms with Crippen LogP contribution in [0.25, 0.3) is 0 Å². The lowest BCUT2D eigenvalue weighted by molar-refractivity contribution is -0.139. The third kappa shape index (κ3) is 3.81. The van der Waals surface area contributed by atoms with Gasteiger partial charge in [0.2, 0.25) is 0 Å². The molecule has 0 aromatic carbocycles. The first kappa shape index (κ1) is 13.6. The van der Waals surface area contributed by atoms with Gasteiger partial charge in [0.1, 0.15) is 10.9 Å². The van der Waals surface area contributed by atoms with Gasteiger partial charge in [-0.05, 0) is 19.3 Å². The summed E-state index contributed by atoms with van der Waals surface area (Å²) in [5, 5.41) is 11.5. The van der Waals surface area contributed by atoms with E-state index in [-0.39, 0.29) is 11.8 Å². The highest BCUT2D eigenvalue weighted by molar-refractivity contribution is 7.11. The fourth-order valence-corrected chi connectivity index (χ4v) is 2.14. The van der Waals surface area contributed by atoms with E-state index in [1.165, 1.54) is 11.3 Å². The Labute approximate surface area is 104 Å². The highest BCUT2D eigenvalue weighted by Crippen LogP contribution is 2.13. The predicted octanol–water partition coefficient (Wildman–Crippen LogP) is 1.68. The summed E-state index contributed by atoms with van der Waals surface area (Å²) in [5.41, 5.74) is 2.20. The first-order chi connectivity index (χ1) is 7.91. The van der Waals surface area contributed by atoms with Gasteiger partial charge in [-0.2, -0.15) is 0 Å². The first-order valence-electron chi connectivity index (χ1n) is 5.35. The van der Waals surface area contributed by atoms with Crippen molar-refractivity contribution in [2.45, 2.75) is 33.2 Å². The molecule has 1 amide bonds. The van der Waals surface area contributed by atoms with Gasteiger partial charge < -0.3 is 10.4 Å². The maximum absolute atomic E-state index is 11.8. The summed E-state index contributed by atoms with van der Waals surface area (Å²) in [5.74, 6) is -1.16. The van der Waals surface area contributed by atoms with Gasteiger partial charge in [0, 0.05) is 0 Å². The van der Waals surface area contributed by atoms with E-state index in [0.717, 1.165) is 0 Å². The number of carbonyl (C=O) groups excluding carboxylic acids is 1. The summed E-state index contributed by atoms with van der Waals surface area (Å²) in [6.07, 6.45) is 0.416. The van der Waals surface area contributed by atoms with E-state index < -0.39 is 12.0 Å². The lowest BCUT2D eigenvalue weighted by atomic mass is 10.0. The molecule has 5 nitrogen and oxygen atoms in total. The molecule has 1 unspecified atom stereocenters. The second-order valence-electron chi connectivity index (χ2n) is 4.26. The number of hydrogen-bond donors (Lipinski definition) is 2. The summed E-state index contributed by atoms with van der Waals surface area (Å²) in [6.45, 7) is 5.56. The molecular formula is C11H16N2O3S. The van der Waals surface area contributed by atoms with Crippen LogP contribution in [-0.4, -0.2) is 28.0 Å². The second kappa shape index (κ2) is 5.77. The summed E-state index contributed by atoms with van der Waals surface area (Å²) < 4.78 is 0. The van der Waals surface area contributed by atoms with E-state index >= 15 is 0 Å². The molecule has 0 saturated carbocycles. The molecule has 2 N–H and O–H groups in total. The second-order valence-corrected chi connectivity index (χ2v) is 5.12. The van der Waals surface area contributed by atoms with E-state index in [2.05, 4.69) is 10.3 Å². The normalized spacial score (nSPS) is 12.5. The van der Waals surface area contributed by atoms with Crippen LogP contribution in [0.5, 0.6) is 0 Å². The van der Waals surface area contributed by atoms with Crippen LogP contribution in [0.3, 0.4) is 0 Å². The quantitative estimate of drug-likeness (QED) is 0.840. The highest BCUT2D eigenvalue weighted by Gasteiger charge is 2.23. The fraction of sp³-hybridized carbons (Fsp3) is 0.545. The molecule has 0 aliphatic heterocycles. The van der Waals surface area contributed by atoms with Crippen molar-refractivity contribution in [3.63, 3.8) is 0 Å². The number of carbonyl (C=O) groups is 2. The summed E-state index contributed by atoms with van der Waals surface area (Å²) in [4.78, 5) is 27.3. The number of nitrogens with zero attached hydrogens (tertiary/aromatic N) is 1. The SMILES string of the molecule is Cc1ncsc1C(=O)NC(CC(C)C)C(=O)O. The topological polar surface area (TPSA) is 79.3 Å². The molecule has 0 radical (unpaired) electrons. The van der Waals surface area contributed by atoms with Gasteiger partial charge in [-0.1, -0.05) is 13.8 Å². The van der Waals surface area contributed by atoms with Crippen molar-refractivity contribution in [1.29, 1.82) is 0 Å². The number of nitrogens with one attached hydrogen (secondary N) is 1. The Bertz CT molecular complexity index is 415. The molecule has 17 heavy (non-hydrogen) atoms. The largest absolute Gasteiger partial charge is 0.480 e. The average molecular weight is 256 g/mol. The van der Waals surface area contributed by atoms with Crippen LogP contribution < -0.4 is 5.32 Å². The molecule has 94 valence electrons. The number of thiazole rings is 1. The first-order valence-corrected chi connectivity index (χ1v) is 6.23. The van der Waals surface area contributed by atoms with Crippen LogP contribution in [0.1, 0.15) is 35.6 Å². The Hall–Kier alpha value is -1.43. The van der Waals surface area contributed by atoms with E-state index in [0.29, 0.717) is 17.0 Å². The molecule has 0 saturated heterocycles. The molecule has 1 atom stereocenters. The minimum Gasteiger partial charge on any atom is -0.480 e. The van der Waals surface area contributed by atoms with Crippen LogP contribution in [0, 0.1) is 12.8 Å². The highest BCUT2D eigenvalue weighted by atomic mass is 32.1. The van der Waals surface area contributed by atoms with Crippen LogP contribution in [0.4, 0.5) is 0 Å². The van der Waals surface area contributed by atoms with E-state index in [9.17, 15) is 9.59 Å². The maximum Gasteiger partial charge on any atom is 0.326 e. The monoisotopic (exact) mass is 256 g/mol. The number of aliphatic carboxylic acids is 1. The lowest BCUT2D eigenvalue weighted by Gasteiger charge is -2.15. The zero-order valence-corrected chi connectivity index (χ0v) is 10.9. The van der Waals surface area contributed by atoms with Gasteiger partial charge in [0.25, 0.3) is 5.91 Å². The standard InChI is InChI=1S/C11H16N2O3S/c1-6(2)4-8(11(15)16)13-10(14)9-7(3)12-5-17-9/h5-6,8H,4H2,1-3H3,(H,13,14)(H,15,16). The van der Waals surface area contributed by atoms with Gasteiger partial charge in [-0.25, -0.2) is 9.78 Å². The van der Waals surface area contributed by atoms with Gasteiger partial charge >= 0.3 is 5.97 Å². The van der Waals surface area contributed by atoms with E-state index in [1.807, 2.05) is 13.8 Å². The molecule has 1 aromatic heterocycles. The summed E-state index contributed by atoms with van der Waals surface area (Å²) in [6, 6.07) is -0.844. The molecule has 1 heterocycles. The van der Waals surface area contributed by atoms with Gasteiger partial charge in [-0.15, -0.1) is 11.3 Å². The third-order valence-electron chi connectivity index (χ3n) is 2.26. The molecule has 6 heteroatoms. The Kier molecular flexibility index (Phi) is 4.62. The summed E-state index contributed by atoms with van der Waals surface area (Å²) >= 11 is 1.21. The van der Waals surface area contributed by atoms with Crippen molar-refractivity contribution in [2.75, 3.05) is 0 Å². The third-order valence-corrected chi connectivity index (χ3v) is 3.19. The van der Waals surface area contributed by atoms with Crippen LogP contribution in [0.15, 0.2) is 5.51 Å². The number of carboxylic acid groups (broad SMARTS) is 1. The van der Waals surface area contributed by atoms with Crippen molar-refractivity contribution in [3.8, 4) is 0 Å². The van der Waals surface area contributed by atoms with Gasteiger partial charge in [-0.3, -0.25) is 4.79 Å². The van der Waals surface area contributed by atoms with Crippen molar-refractivity contribution in [3.05, 3.63) is 16.1 Å². The maximum atomic E-state index is 11.8. The minimum absolute atomic E-state index is 0.207. The minimum atomic E-state index is -1.01. The predicted molar refractivity (Wildman–Crippen MR) is 65.2 cm³/mol. The number of aryl methyl sites for hydroxylation is 1. The Morgan fingerprint density at radius 3 is 2.59 bits per heavy atom. The van der Waals surface area contributed by atoms with Crippen LogP contribution >= 0.6 is 11.3 Å². The van der Waals surface area contributed by atoms with E-state index in [4.69, 9.17) is 5.11 Å². The number of carboxylic acids is 1. The Morgan fingerprint density at radius 2 is 2.18 bits per heavy atom. The molecule has 0 aliphatic carbocycles. The Balaban J connectivity index is 2.71. The smallest absolute Gasteiger partial charge is 0.326 e.